The molecule has 0 bridgehead atoms. The number of fused-ring (bicyclic) bond motifs is 1. The second-order valence-corrected chi connectivity index (χ2v) is 12.8. The van der Waals surface area contributed by atoms with E-state index in [2.05, 4.69) is 28.8 Å². The Hall–Kier alpha value is -2.72. The summed E-state index contributed by atoms with van der Waals surface area (Å²) in [6, 6.07) is 0. The van der Waals surface area contributed by atoms with E-state index < -0.39 is 63.6 Å². The number of phosphoric acid groups is 1. The van der Waals surface area contributed by atoms with Crippen LogP contribution in [0.3, 0.4) is 0 Å². The number of ether oxygens (including phenoxy) is 3. The largest absolute Gasteiger partial charge is 0.472 e. The number of hydrogen-bond acceptors (Lipinski definition) is 14. The predicted molar refractivity (Wildman–Crippen MR) is 165 cm³/mol. The van der Waals surface area contributed by atoms with Gasteiger partial charge in [0.05, 0.1) is 19.5 Å². The average molecular weight is 674 g/mol. The SMILES string of the molecule is CCCCCCCC(=O)OC[C@H](COP(=O)(O)OC[C@H]1O[C@@H](n2cnc3c(N)ncnc32)[C@H](O)[C@@H]1O)OC(=O)CCCCCCC. The van der Waals surface area contributed by atoms with E-state index >= 15 is 0 Å². The lowest BCUT2D eigenvalue weighted by atomic mass is 10.1. The van der Waals surface area contributed by atoms with Crippen molar-refractivity contribution in [2.45, 2.75) is 122 Å². The standard InChI is InChI=1S/C29H48N5O11P/c1-3-5-7-9-11-13-22(35)41-15-20(44-23(36)14-12-10-8-6-4-2)16-42-46(39,40)43-17-21-25(37)26(38)29(45-21)34-19-33-24-27(30)31-18-32-28(24)34/h18-21,25-26,29,37-38H,3-17H2,1-2H3,(H,39,40)(H2,30,31,32)/t20-,21-,25-,26-,29-/m1/s1. The number of esters is 2. The van der Waals surface area contributed by atoms with Crippen molar-refractivity contribution >= 4 is 36.7 Å². The number of imidazole rings is 1. The molecule has 1 fully saturated rings. The molecule has 1 aliphatic heterocycles. The van der Waals surface area contributed by atoms with Gasteiger partial charge in [-0.1, -0.05) is 65.2 Å². The van der Waals surface area contributed by atoms with Gasteiger partial charge >= 0.3 is 19.8 Å². The number of aliphatic hydroxyl groups excluding tert-OH is 2. The zero-order chi connectivity index (χ0) is 33.5. The highest BCUT2D eigenvalue weighted by atomic mass is 31.2. The first kappa shape index (κ1) is 37.7. The van der Waals surface area contributed by atoms with Gasteiger partial charge in [-0.15, -0.1) is 0 Å². The van der Waals surface area contributed by atoms with Gasteiger partial charge in [-0.3, -0.25) is 23.2 Å². The fourth-order valence-corrected chi connectivity index (χ4v) is 5.66. The molecule has 0 radical (unpaired) electrons. The Labute approximate surface area is 268 Å². The second-order valence-electron chi connectivity index (χ2n) is 11.3. The van der Waals surface area contributed by atoms with E-state index in [1.165, 1.54) is 17.2 Å². The van der Waals surface area contributed by atoms with Gasteiger partial charge in [0, 0.05) is 12.8 Å². The van der Waals surface area contributed by atoms with Crippen LogP contribution >= 0.6 is 7.82 Å². The minimum absolute atomic E-state index is 0.114. The van der Waals surface area contributed by atoms with E-state index in [1.807, 2.05) is 0 Å². The van der Waals surface area contributed by atoms with E-state index in [0.29, 0.717) is 12.8 Å². The molecule has 1 aliphatic rings. The van der Waals surface area contributed by atoms with E-state index in [4.69, 9.17) is 29.0 Å². The molecule has 17 heteroatoms. The number of phosphoric ester groups is 1. The maximum atomic E-state index is 12.7. The minimum Gasteiger partial charge on any atom is -0.462 e. The van der Waals surface area contributed by atoms with Crippen LogP contribution in [0.15, 0.2) is 12.7 Å². The number of hydrogen-bond donors (Lipinski definition) is 4. The fourth-order valence-electron chi connectivity index (χ4n) is 4.90. The van der Waals surface area contributed by atoms with Crippen molar-refractivity contribution in [3.63, 3.8) is 0 Å². The highest BCUT2D eigenvalue weighted by Crippen LogP contribution is 2.44. The molecule has 3 heterocycles. The summed E-state index contributed by atoms with van der Waals surface area (Å²) in [5.41, 5.74) is 6.33. The van der Waals surface area contributed by atoms with Gasteiger partial charge in [0.15, 0.2) is 23.8 Å². The molecule has 0 spiro atoms. The normalized spacial score (nSPS) is 21.7. The summed E-state index contributed by atoms with van der Waals surface area (Å²) in [7, 11) is -4.78. The molecule has 0 amide bonds. The molecule has 260 valence electrons. The number of unbranched alkanes of at least 4 members (excludes halogenated alkanes) is 8. The molecular formula is C29H48N5O11P. The maximum absolute atomic E-state index is 12.7. The van der Waals surface area contributed by atoms with E-state index in [-0.39, 0.29) is 36.4 Å². The van der Waals surface area contributed by atoms with Crippen molar-refractivity contribution < 1.29 is 52.5 Å². The molecule has 1 saturated heterocycles. The molecule has 6 atom stereocenters. The van der Waals surface area contributed by atoms with Crippen LogP contribution in [0.1, 0.15) is 97.1 Å². The van der Waals surface area contributed by atoms with Crippen molar-refractivity contribution in [1.29, 1.82) is 0 Å². The molecule has 0 aromatic carbocycles. The molecule has 3 rings (SSSR count). The van der Waals surface area contributed by atoms with Crippen LogP contribution in [-0.4, -0.2) is 90.8 Å². The van der Waals surface area contributed by atoms with Crippen LogP contribution in [0.25, 0.3) is 11.2 Å². The monoisotopic (exact) mass is 673 g/mol. The van der Waals surface area contributed by atoms with Crippen molar-refractivity contribution in [3.8, 4) is 0 Å². The Morgan fingerprint density at radius 2 is 1.59 bits per heavy atom. The molecule has 5 N–H and O–H groups in total. The first-order chi connectivity index (χ1) is 22.1. The molecule has 16 nitrogen and oxygen atoms in total. The summed E-state index contributed by atoms with van der Waals surface area (Å²) in [5.74, 6) is -0.903. The summed E-state index contributed by atoms with van der Waals surface area (Å²) < 4.78 is 40.6. The lowest BCUT2D eigenvalue weighted by molar-refractivity contribution is -0.161. The molecule has 0 saturated carbocycles. The summed E-state index contributed by atoms with van der Waals surface area (Å²) in [6.45, 7) is 2.60. The topological polar surface area (TPSA) is 228 Å². The maximum Gasteiger partial charge on any atom is 0.472 e. The zero-order valence-corrected chi connectivity index (χ0v) is 27.5. The molecular weight excluding hydrogens is 625 g/mol. The van der Waals surface area contributed by atoms with Crippen molar-refractivity contribution in [1.82, 2.24) is 19.5 Å². The predicted octanol–water partition coefficient (Wildman–Crippen LogP) is 3.34. The number of rotatable bonds is 22. The zero-order valence-electron chi connectivity index (χ0n) is 26.6. The van der Waals surface area contributed by atoms with Gasteiger partial charge in [-0.25, -0.2) is 19.5 Å². The number of carbonyl (C=O) groups is 2. The first-order valence-corrected chi connectivity index (χ1v) is 17.5. The van der Waals surface area contributed by atoms with Crippen LogP contribution in [0, 0.1) is 0 Å². The lowest BCUT2D eigenvalue weighted by Gasteiger charge is -2.21. The van der Waals surface area contributed by atoms with Crippen LogP contribution < -0.4 is 5.73 Å². The average Bonchev–Trinajstić information content (AvgIpc) is 3.58. The van der Waals surface area contributed by atoms with Gasteiger partial charge in [-0.2, -0.15) is 0 Å². The fraction of sp³-hybridized carbons (Fsp3) is 0.759. The Morgan fingerprint density at radius 1 is 0.935 bits per heavy atom. The third-order valence-corrected chi connectivity index (χ3v) is 8.47. The summed E-state index contributed by atoms with van der Waals surface area (Å²) >= 11 is 0. The van der Waals surface area contributed by atoms with Crippen LogP contribution in [0.5, 0.6) is 0 Å². The van der Waals surface area contributed by atoms with Crippen LogP contribution in [0.4, 0.5) is 5.82 Å². The van der Waals surface area contributed by atoms with Gasteiger partial charge in [0.25, 0.3) is 0 Å². The smallest absolute Gasteiger partial charge is 0.462 e. The quantitative estimate of drug-likeness (QED) is 0.0798. The van der Waals surface area contributed by atoms with Crippen molar-refractivity contribution in [2.75, 3.05) is 25.6 Å². The van der Waals surface area contributed by atoms with Gasteiger partial charge in [-0.05, 0) is 12.8 Å². The number of aromatic nitrogens is 4. The van der Waals surface area contributed by atoms with E-state index in [9.17, 15) is 29.3 Å². The van der Waals surface area contributed by atoms with Crippen LogP contribution in [-0.2, 0) is 37.4 Å². The highest BCUT2D eigenvalue weighted by Gasteiger charge is 2.45. The molecule has 2 aromatic rings. The molecule has 2 aromatic heterocycles. The number of carbonyl (C=O) groups excluding carboxylic acids is 2. The summed E-state index contributed by atoms with van der Waals surface area (Å²) in [6.07, 6.45) is 5.72. The minimum atomic E-state index is -4.78. The molecule has 1 unspecified atom stereocenters. The first-order valence-electron chi connectivity index (χ1n) is 16.0. The van der Waals surface area contributed by atoms with Gasteiger partial charge < -0.3 is 35.1 Å². The third kappa shape index (κ3) is 11.8. The highest BCUT2D eigenvalue weighted by molar-refractivity contribution is 7.47. The number of anilines is 1. The Kier molecular flexibility index (Phi) is 15.7. The number of nitrogen functional groups attached to an aromatic ring is 1. The van der Waals surface area contributed by atoms with Crippen molar-refractivity contribution in [3.05, 3.63) is 12.7 Å². The number of aliphatic hydroxyl groups is 2. The number of nitrogens with two attached hydrogens (primary N) is 1. The Bertz CT molecular complexity index is 1280. The summed E-state index contributed by atoms with van der Waals surface area (Å²) in [5, 5.41) is 21.2. The van der Waals surface area contributed by atoms with Crippen molar-refractivity contribution in [2.24, 2.45) is 0 Å². The molecule has 46 heavy (non-hydrogen) atoms. The molecule has 0 aliphatic carbocycles. The van der Waals surface area contributed by atoms with E-state index in [1.54, 1.807) is 0 Å². The second kappa shape index (κ2) is 19.2. The number of nitrogens with zero attached hydrogens (tertiary/aromatic N) is 4. The lowest BCUT2D eigenvalue weighted by Crippen LogP contribution is -2.34. The Balaban J connectivity index is 1.52. The summed E-state index contributed by atoms with van der Waals surface area (Å²) in [4.78, 5) is 47.1. The Morgan fingerprint density at radius 3 is 2.26 bits per heavy atom. The van der Waals surface area contributed by atoms with Gasteiger partial charge in [0.2, 0.25) is 0 Å². The van der Waals surface area contributed by atoms with Gasteiger partial charge in [0.1, 0.15) is 36.8 Å². The van der Waals surface area contributed by atoms with Crippen LogP contribution in [0.2, 0.25) is 0 Å². The third-order valence-electron chi connectivity index (χ3n) is 7.52. The van der Waals surface area contributed by atoms with E-state index in [0.717, 1.165) is 51.4 Å².